The predicted molar refractivity (Wildman–Crippen MR) is 127 cm³/mol. The van der Waals surface area contributed by atoms with Gasteiger partial charge in [0, 0.05) is 11.6 Å². The Morgan fingerprint density at radius 1 is 1.26 bits per heavy atom. The van der Waals surface area contributed by atoms with E-state index in [0.29, 0.717) is 18.8 Å². The molecule has 0 aromatic heterocycles. The smallest absolute Gasteiger partial charge is 0.323 e. The largest absolute Gasteiger partial charge is 0.480 e. The van der Waals surface area contributed by atoms with Crippen LogP contribution in [0.4, 0.5) is 4.39 Å². The standard InChI is InChI=1S/C23H19FN2O6S2/c24-18-9-17(6-3-14(18)8-19-22(30)26(10-21(28)29)23(33)34-19)32-16-4-1-13(2-5-16)7-15-11-31-12-20(27)25-15/h1-6,8-9,15H,7,10-12H2,(H,25,27)(H,28,29)/b19-8-. The highest BCUT2D eigenvalue weighted by molar-refractivity contribution is 8.26. The Morgan fingerprint density at radius 2 is 2.00 bits per heavy atom. The quantitative estimate of drug-likeness (QED) is 0.440. The summed E-state index contributed by atoms with van der Waals surface area (Å²) in [7, 11) is 0. The van der Waals surface area contributed by atoms with Crippen molar-refractivity contribution < 1.29 is 33.4 Å². The summed E-state index contributed by atoms with van der Waals surface area (Å²) in [4.78, 5) is 35.8. The Bertz CT molecular complexity index is 1180. The number of aliphatic carboxylic acids is 1. The van der Waals surface area contributed by atoms with Crippen molar-refractivity contribution in [1.82, 2.24) is 10.2 Å². The molecule has 34 heavy (non-hydrogen) atoms. The van der Waals surface area contributed by atoms with Crippen LogP contribution in [-0.4, -0.2) is 57.9 Å². The molecule has 2 aliphatic rings. The highest BCUT2D eigenvalue weighted by atomic mass is 32.2. The molecule has 0 aliphatic carbocycles. The number of thioether (sulfide) groups is 1. The van der Waals surface area contributed by atoms with E-state index in [1.807, 2.05) is 12.1 Å². The molecule has 0 bridgehead atoms. The number of benzene rings is 2. The van der Waals surface area contributed by atoms with Gasteiger partial charge in [-0.1, -0.05) is 36.1 Å². The van der Waals surface area contributed by atoms with Gasteiger partial charge in [-0.05, 0) is 42.3 Å². The van der Waals surface area contributed by atoms with Gasteiger partial charge in [-0.3, -0.25) is 19.3 Å². The molecule has 2 amide bonds. The van der Waals surface area contributed by atoms with E-state index in [1.54, 1.807) is 18.2 Å². The van der Waals surface area contributed by atoms with Crippen molar-refractivity contribution in [3.8, 4) is 11.5 Å². The number of nitrogens with zero attached hydrogens (tertiary/aromatic N) is 1. The number of carbonyl (C=O) groups is 3. The van der Waals surface area contributed by atoms with E-state index in [9.17, 15) is 18.8 Å². The van der Waals surface area contributed by atoms with E-state index < -0.39 is 24.2 Å². The van der Waals surface area contributed by atoms with Crippen LogP contribution in [0.1, 0.15) is 11.1 Å². The summed E-state index contributed by atoms with van der Waals surface area (Å²) in [5, 5.41) is 11.8. The lowest BCUT2D eigenvalue weighted by atomic mass is 10.1. The lowest BCUT2D eigenvalue weighted by Gasteiger charge is -2.23. The maximum Gasteiger partial charge on any atom is 0.323 e. The third kappa shape index (κ3) is 5.79. The summed E-state index contributed by atoms with van der Waals surface area (Å²) in [6.07, 6.45) is 1.96. The van der Waals surface area contributed by atoms with E-state index >= 15 is 0 Å². The fourth-order valence-corrected chi connectivity index (χ4v) is 4.68. The van der Waals surface area contributed by atoms with Crippen molar-refractivity contribution in [3.63, 3.8) is 0 Å². The van der Waals surface area contributed by atoms with Crippen molar-refractivity contribution in [2.24, 2.45) is 0 Å². The lowest BCUT2D eigenvalue weighted by Crippen LogP contribution is -2.46. The summed E-state index contributed by atoms with van der Waals surface area (Å²) in [6, 6.07) is 11.4. The van der Waals surface area contributed by atoms with Gasteiger partial charge < -0.3 is 19.9 Å². The topological polar surface area (TPSA) is 105 Å². The Kier molecular flexibility index (Phi) is 7.25. The first kappa shape index (κ1) is 23.9. The minimum absolute atomic E-state index is 0.0840. The third-order valence-electron chi connectivity index (χ3n) is 4.98. The molecule has 0 radical (unpaired) electrons. The molecule has 1 unspecified atom stereocenters. The first-order valence-electron chi connectivity index (χ1n) is 10.2. The van der Waals surface area contributed by atoms with Crippen molar-refractivity contribution in [3.05, 3.63) is 64.3 Å². The van der Waals surface area contributed by atoms with Gasteiger partial charge in [0.2, 0.25) is 5.91 Å². The predicted octanol–water partition coefficient (Wildman–Crippen LogP) is 2.96. The molecule has 2 fully saturated rings. The zero-order valence-corrected chi connectivity index (χ0v) is 19.3. The maximum absolute atomic E-state index is 14.7. The zero-order valence-electron chi connectivity index (χ0n) is 17.7. The SMILES string of the molecule is O=C(O)CN1C(=O)/C(=C/c2ccc(Oc3ccc(CC4COCC(=O)N4)cc3)cc2F)SC1=S. The van der Waals surface area contributed by atoms with Gasteiger partial charge in [0.1, 0.15) is 34.8 Å². The number of halogens is 1. The van der Waals surface area contributed by atoms with Crippen LogP contribution in [0.15, 0.2) is 47.4 Å². The Morgan fingerprint density at radius 3 is 2.68 bits per heavy atom. The van der Waals surface area contributed by atoms with Gasteiger partial charge in [-0.2, -0.15) is 0 Å². The minimum atomic E-state index is -1.19. The monoisotopic (exact) mass is 502 g/mol. The van der Waals surface area contributed by atoms with Crippen LogP contribution in [-0.2, 0) is 25.5 Å². The van der Waals surface area contributed by atoms with Gasteiger partial charge in [0.15, 0.2) is 0 Å². The number of carboxylic acid groups (broad SMARTS) is 1. The van der Waals surface area contributed by atoms with E-state index in [1.165, 1.54) is 18.2 Å². The summed E-state index contributed by atoms with van der Waals surface area (Å²) < 4.78 is 25.7. The van der Waals surface area contributed by atoms with Crippen molar-refractivity contribution >= 4 is 52.2 Å². The molecule has 2 saturated heterocycles. The molecule has 0 spiro atoms. The lowest BCUT2D eigenvalue weighted by molar-refractivity contribution is -0.140. The van der Waals surface area contributed by atoms with E-state index in [0.717, 1.165) is 22.2 Å². The molecule has 0 saturated carbocycles. The first-order valence-corrected chi connectivity index (χ1v) is 11.4. The number of ether oxygens (including phenoxy) is 2. The number of hydrogen-bond donors (Lipinski definition) is 2. The number of carbonyl (C=O) groups excluding carboxylic acids is 2. The van der Waals surface area contributed by atoms with Crippen LogP contribution in [0.5, 0.6) is 11.5 Å². The number of hydrogen-bond acceptors (Lipinski definition) is 7. The minimum Gasteiger partial charge on any atom is -0.480 e. The number of morpholine rings is 1. The normalized spacial score (nSPS) is 19.4. The Hall–Kier alpha value is -3.28. The number of carboxylic acids is 1. The van der Waals surface area contributed by atoms with Gasteiger partial charge in [-0.25, -0.2) is 4.39 Å². The molecule has 2 aromatic rings. The van der Waals surface area contributed by atoms with Crippen LogP contribution < -0.4 is 10.1 Å². The van der Waals surface area contributed by atoms with Gasteiger partial charge in [0.05, 0.1) is 17.6 Å². The highest BCUT2D eigenvalue weighted by Gasteiger charge is 2.33. The maximum atomic E-state index is 14.7. The van der Waals surface area contributed by atoms with Gasteiger partial charge in [0.25, 0.3) is 5.91 Å². The molecule has 2 N–H and O–H groups in total. The molecule has 2 heterocycles. The molecule has 2 aliphatic heterocycles. The Balaban J connectivity index is 1.40. The van der Waals surface area contributed by atoms with Gasteiger partial charge >= 0.3 is 5.97 Å². The van der Waals surface area contributed by atoms with Crippen LogP contribution in [0.3, 0.4) is 0 Å². The molecule has 1 atom stereocenters. The fourth-order valence-electron chi connectivity index (χ4n) is 3.43. The van der Waals surface area contributed by atoms with Crippen LogP contribution in [0.2, 0.25) is 0 Å². The second kappa shape index (κ2) is 10.3. The highest BCUT2D eigenvalue weighted by Crippen LogP contribution is 2.33. The second-order valence-corrected chi connectivity index (χ2v) is 9.25. The molecule has 2 aromatic carbocycles. The number of amides is 2. The summed E-state index contributed by atoms with van der Waals surface area (Å²) in [6.45, 7) is -0.000139. The van der Waals surface area contributed by atoms with Crippen LogP contribution >= 0.6 is 24.0 Å². The van der Waals surface area contributed by atoms with E-state index in [-0.39, 0.29) is 39.1 Å². The number of rotatable bonds is 7. The average Bonchev–Trinajstić information content (AvgIpc) is 3.04. The molecule has 176 valence electrons. The summed E-state index contributed by atoms with van der Waals surface area (Å²) in [5.74, 6) is -1.72. The average molecular weight is 503 g/mol. The fraction of sp³-hybridized carbons (Fsp3) is 0.217. The summed E-state index contributed by atoms with van der Waals surface area (Å²) >= 11 is 5.97. The third-order valence-corrected chi connectivity index (χ3v) is 6.36. The van der Waals surface area contributed by atoms with Gasteiger partial charge in [-0.15, -0.1) is 0 Å². The second-order valence-electron chi connectivity index (χ2n) is 7.57. The summed E-state index contributed by atoms with van der Waals surface area (Å²) in [5.41, 5.74) is 1.14. The Labute approximate surface area is 203 Å². The zero-order chi connectivity index (χ0) is 24.2. The van der Waals surface area contributed by atoms with E-state index in [2.05, 4.69) is 5.32 Å². The van der Waals surface area contributed by atoms with Crippen molar-refractivity contribution in [2.75, 3.05) is 19.8 Å². The van der Waals surface area contributed by atoms with Crippen molar-refractivity contribution in [2.45, 2.75) is 12.5 Å². The molecule has 8 nitrogen and oxygen atoms in total. The number of nitrogens with one attached hydrogen (secondary N) is 1. The first-order chi connectivity index (χ1) is 16.3. The van der Waals surface area contributed by atoms with Crippen LogP contribution in [0.25, 0.3) is 6.08 Å². The molecule has 11 heteroatoms. The van der Waals surface area contributed by atoms with Crippen LogP contribution in [0, 0.1) is 5.82 Å². The number of thiocarbonyl (C=S) groups is 1. The molecular formula is C23H19FN2O6S2. The molecular weight excluding hydrogens is 483 g/mol. The van der Waals surface area contributed by atoms with E-state index in [4.69, 9.17) is 26.8 Å². The molecule has 4 rings (SSSR count). The van der Waals surface area contributed by atoms with Crippen molar-refractivity contribution in [1.29, 1.82) is 0 Å².